The zero-order valence-electron chi connectivity index (χ0n) is 12.9. The van der Waals surface area contributed by atoms with Crippen LogP contribution >= 0.6 is 11.3 Å². The van der Waals surface area contributed by atoms with E-state index in [2.05, 4.69) is 10.1 Å². The lowest BCUT2D eigenvalue weighted by molar-refractivity contribution is -0.385. The van der Waals surface area contributed by atoms with E-state index in [0.29, 0.717) is 5.82 Å². The van der Waals surface area contributed by atoms with Gasteiger partial charge in [0.05, 0.1) is 15.9 Å². The van der Waals surface area contributed by atoms with Gasteiger partial charge in [0.25, 0.3) is 11.6 Å². The summed E-state index contributed by atoms with van der Waals surface area (Å²) in [5, 5.41) is 16.9. The van der Waals surface area contributed by atoms with Crippen LogP contribution in [-0.2, 0) is 11.3 Å². The third kappa shape index (κ3) is 2.95. The van der Waals surface area contributed by atoms with Crippen molar-refractivity contribution in [1.29, 1.82) is 0 Å². The Morgan fingerprint density at radius 3 is 2.88 bits per heavy atom. The Morgan fingerprint density at radius 1 is 1.35 bits per heavy atom. The summed E-state index contributed by atoms with van der Waals surface area (Å²) in [5.41, 5.74) is -0.693. The number of hydrogen-bond acceptors (Lipinski definition) is 10. The minimum Gasteiger partial charge on any atom is -0.454 e. The summed E-state index contributed by atoms with van der Waals surface area (Å²) in [6.45, 7) is -0.388. The van der Waals surface area contributed by atoms with Crippen LogP contribution in [0.5, 0.6) is 11.5 Å². The molecular weight excluding hydrogens is 366 g/mol. The first-order valence-corrected chi connectivity index (χ1v) is 8.11. The number of esters is 1. The van der Waals surface area contributed by atoms with Crippen LogP contribution in [-0.4, -0.2) is 27.8 Å². The van der Waals surface area contributed by atoms with E-state index < -0.39 is 16.6 Å². The number of fused-ring (bicyclic) bond motifs is 1. The second-order valence-electron chi connectivity index (χ2n) is 5.04. The summed E-state index contributed by atoms with van der Waals surface area (Å²) in [5.74, 6) is -0.0257. The Hall–Kier alpha value is -3.47. The molecule has 1 aromatic carbocycles. The molecule has 0 spiro atoms. The summed E-state index contributed by atoms with van der Waals surface area (Å²) in [6.07, 6.45) is 0. The van der Waals surface area contributed by atoms with Gasteiger partial charge in [0, 0.05) is 6.07 Å². The van der Waals surface area contributed by atoms with Crippen molar-refractivity contribution < 1.29 is 28.5 Å². The van der Waals surface area contributed by atoms with Gasteiger partial charge in [-0.2, -0.15) is 4.98 Å². The molecule has 10 nitrogen and oxygen atoms in total. The molecule has 0 N–H and O–H groups in total. The second kappa shape index (κ2) is 6.44. The van der Waals surface area contributed by atoms with Gasteiger partial charge in [-0.1, -0.05) is 11.2 Å². The van der Waals surface area contributed by atoms with Crippen LogP contribution in [0.2, 0.25) is 0 Å². The molecule has 0 bridgehead atoms. The zero-order chi connectivity index (χ0) is 18.1. The largest absolute Gasteiger partial charge is 0.454 e. The Morgan fingerprint density at radius 2 is 2.15 bits per heavy atom. The number of rotatable bonds is 5. The van der Waals surface area contributed by atoms with E-state index >= 15 is 0 Å². The highest BCUT2D eigenvalue weighted by molar-refractivity contribution is 7.13. The predicted molar refractivity (Wildman–Crippen MR) is 85.9 cm³/mol. The molecule has 0 amide bonds. The summed E-state index contributed by atoms with van der Waals surface area (Å²) < 4.78 is 20.3. The molecule has 0 atom stereocenters. The minimum absolute atomic E-state index is 0.0710. The van der Waals surface area contributed by atoms with Gasteiger partial charge >= 0.3 is 5.97 Å². The van der Waals surface area contributed by atoms with Crippen LogP contribution in [0.25, 0.3) is 10.7 Å². The minimum atomic E-state index is -0.911. The van der Waals surface area contributed by atoms with Gasteiger partial charge in [-0.25, -0.2) is 4.79 Å². The molecule has 0 saturated heterocycles. The van der Waals surface area contributed by atoms with E-state index in [9.17, 15) is 14.9 Å². The fourth-order valence-electron chi connectivity index (χ4n) is 2.27. The summed E-state index contributed by atoms with van der Waals surface area (Å²) in [6, 6.07) is 6.00. The molecule has 0 unspecified atom stereocenters. The van der Waals surface area contributed by atoms with Crippen molar-refractivity contribution in [3.63, 3.8) is 0 Å². The monoisotopic (exact) mass is 375 g/mol. The summed E-state index contributed by atoms with van der Waals surface area (Å²) >= 11 is 1.43. The average Bonchev–Trinajstić information content (AvgIpc) is 3.38. The highest BCUT2D eigenvalue weighted by Gasteiger charge is 2.28. The van der Waals surface area contributed by atoms with Gasteiger partial charge in [-0.3, -0.25) is 10.1 Å². The third-order valence-electron chi connectivity index (χ3n) is 3.44. The Balaban J connectivity index is 1.51. The fraction of sp³-hybridized carbons (Fsp3) is 0.133. The first kappa shape index (κ1) is 16.0. The topological polar surface area (TPSA) is 127 Å². The molecule has 0 radical (unpaired) electrons. The molecule has 3 heterocycles. The van der Waals surface area contributed by atoms with Gasteiger partial charge in [0.2, 0.25) is 12.6 Å². The van der Waals surface area contributed by atoms with Gasteiger partial charge in [-0.05, 0) is 11.4 Å². The van der Waals surface area contributed by atoms with E-state index in [-0.39, 0.29) is 36.4 Å². The molecule has 132 valence electrons. The SMILES string of the molecule is O=C(OCc1nc(-c2cccs2)no1)c1cc2c(cc1[N+](=O)[O-])OCO2. The van der Waals surface area contributed by atoms with E-state index in [1.165, 1.54) is 17.4 Å². The number of ether oxygens (including phenoxy) is 3. The standard InChI is InChI=1S/C15H9N3O7S/c19-15(8-4-10-11(24-7-23-10)5-9(8)18(20)21)22-6-13-16-14(17-25-13)12-2-1-3-26-12/h1-5H,6-7H2. The highest BCUT2D eigenvalue weighted by atomic mass is 32.1. The number of nitro benzene ring substituents is 1. The maximum atomic E-state index is 12.3. The number of carbonyl (C=O) groups is 1. The van der Waals surface area contributed by atoms with Crippen molar-refractivity contribution in [1.82, 2.24) is 10.1 Å². The molecule has 26 heavy (non-hydrogen) atoms. The lowest BCUT2D eigenvalue weighted by atomic mass is 10.1. The number of thiophene rings is 1. The quantitative estimate of drug-likeness (QED) is 0.376. The smallest absolute Gasteiger partial charge is 0.345 e. The van der Waals surface area contributed by atoms with E-state index in [1.54, 1.807) is 0 Å². The van der Waals surface area contributed by atoms with Crippen LogP contribution in [0, 0.1) is 10.1 Å². The molecule has 1 aliphatic heterocycles. The van der Waals surface area contributed by atoms with Gasteiger partial charge in [-0.15, -0.1) is 11.3 Å². The van der Waals surface area contributed by atoms with Crippen LogP contribution < -0.4 is 9.47 Å². The van der Waals surface area contributed by atoms with Gasteiger partial charge in [0.15, 0.2) is 18.1 Å². The van der Waals surface area contributed by atoms with Crippen LogP contribution in [0.1, 0.15) is 16.2 Å². The van der Waals surface area contributed by atoms with Crippen molar-refractivity contribution in [2.24, 2.45) is 0 Å². The number of carbonyl (C=O) groups excluding carboxylic acids is 1. The van der Waals surface area contributed by atoms with Crippen molar-refractivity contribution in [2.75, 3.05) is 6.79 Å². The Kier molecular flexibility index (Phi) is 3.97. The van der Waals surface area contributed by atoms with E-state index in [1.807, 2.05) is 17.5 Å². The van der Waals surface area contributed by atoms with Crippen LogP contribution in [0.4, 0.5) is 5.69 Å². The van der Waals surface area contributed by atoms with Crippen molar-refractivity contribution in [2.45, 2.75) is 6.61 Å². The first-order chi connectivity index (χ1) is 12.6. The summed E-state index contributed by atoms with van der Waals surface area (Å²) in [4.78, 5) is 27.7. The van der Waals surface area contributed by atoms with E-state index in [0.717, 1.165) is 10.9 Å². The fourth-order valence-corrected chi connectivity index (χ4v) is 2.92. The van der Waals surface area contributed by atoms with Gasteiger partial charge in [0.1, 0.15) is 5.56 Å². The van der Waals surface area contributed by atoms with Crippen LogP contribution in [0.3, 0.4) is 0 Å². The number of benzene rings is 1. The molecule has 0 aliphatic carbocycles. The number of aromatic nitrogens is 2. The number of hydrogen-bond donors (Lipinski definition) is 0. The van der Waals surface area contributed by atoms with Gasteiger partial charge < -0.3 is 18.7 Å². The molecule has 0 saturated carbocycles. The maximum Gasteiger partial charge on any atom is 0.345 e. The first-order valence-electron chi connectivity index (χ1n) is 7.23. The third-order valence-corrected chi connectivity index (χ3v) is 4.31. The lowest BCUT2D eigenvalue weighted by Gasteiger charge is -2.04. The maximum absolute atomic E-state index is 12.3. The van der Waals surface area contributed by atoms with Crippen molar-refractivity contribution >= 4 is 23.0 Å². The van der Waals surface area contributed by atoms with Crippen molar-refractivity contribution in [3.05, 3.63) is 51.2 Å². The molecule has 0 fully saturated rings. The average molecular weight is 375 g/mol. The molecular formula is C15H9N3O7S. The molecule has 2 aromatic heterocycles. The van der Waals surface area contributed by atoms with Crippen LogP contribution in [0.15, 0.2) is 34.2 Å². The van der Waals surface area contributed by atoms with Crippen molar-refractivity contribution in [3.8, 4) is 22.2 Å². The molecule has 4 rings (SSSR count). The number of nitrogens with zero attached hydrogens (tertiary/aromatic N) is 3. The predicted octanol–water partition coefficient (Wildman–Crippen LogP) is 2.79. The lowest BCUT2D eigenvalue weighted by Crippen LogP contribution is -2.08. The summed E-state index contributed by atoms with van der Waals surface area (Å²) in [7, 11) is 0. The normalized spacial score (nSPS) is 12.2. The van der Waals surface area contributed by atoms with E-state index in [4.69, 9.17) is 18.7 Å². The number of nitro groups is 1. The second-order valence-corrected chi connectivity index (χ2v) is 5.99. The Labute approximate surface area is 149 Å². The zero-order valence-corrected chi connectivity index (χ0v) is 13.7. The molecule has 1 aliphatic rings. The Bertz CT molecular complexity index is 983. The highest BCUT2D eigenvalue weighted by Crippen LogP contribution is 2.38. The molecule has 3 aromatic rings. The molecule has 11 heteroatoms.